The van der Waals surface area contributed by atoms with Gasteiger partial charge < -0.3 is 4.98 Å². The van der Waals surface area contributed by atoms with E-state index >= 15 is 0 Å². The van der Waals surface area contributed by atoms with Crippen molar-refractivity contribution < 1.29 is 0 Å². The van der Waals surface area contributed by atoms with Crippen LogP contribution in [-0.4, -0.2) is 42.0 Å². The minimum Gasteiger partial charge on any atom is -0.330 e. The van der Waals surface area contributed by atoms with Crippen molar-refractivity contribution in [3.05, 3.63) is 44.6 Å². The Labute approximate surface area is 149 Å². The number of piperazine rings is 1. The first kappa shape index (κ1) is 16.9. The Balaban J connectivity index is 0.00000176. The molecule has 0 saturated carbocycles. The standard InChI is InChI=1S/C13H13I2N4O2.Rf/c14-18-5-3-17(4-6-18)8-9-1-2-10-11(7-9)16-13(21)19(15)12(10)20;/h1-2H,3-6,8H2,(H,16,21);/q-1;. The minimum absolute atomic E-state index is 0. The maximum atomic E-state index is 12.0. The molecule has 0 spiro atoms. The second-order valence-corrected chi connectivity index (χ2v) is 7.30. The van der Waals surface area contributed by atoms with Crippen molar-refractivity contribution in [2.24, 2.45) is 0 Å². The van der Waals surface area contributed by atoms with Crippen LogP contribution in [0.1, 0.15) is 5.56 Å². The van der Waals surface area contributed by atoms with Crippen LogP contribution < -0.4 is 11.2 Å². The number of aromatic nitrogens is 2. The normalized spacial score (nSPS) is 16.6. The fraction of sp³-hybridized carbons (Fsp3) is 0.385. The SMILES string of the molecule is O=c1[nH]c2[c-]c(CN3CCN(I)CC3)ccc2c(=O)n1I.[Rf]. The summed E-state index contributed by atoms with van der Waals surface area (Å²) in [4.78, 5) is 28.7. The summed E-state index contributed by atoms with van der Waals surface area (Å²) in [7, 11) is 0. The molecule has 0 radical (unpaired) electrons. The van der Waals surface area contributed by atoms with Gasteiger partial charge in [-0.15, -0.1) is 5.56 Å². The molecule has 2 heterocycles. The van der Waals surface area contributed by atoms with E-state index in [1.807, 2.05) is 6.07 Å². The summed E-state index contributed by atoms with van der Waals surface area (Å²) in [5.74, 6) is 0. The van der Waals surface area contributed by atoms with Gasteiger partial charge in [-0.2, -0.15) is 18.2 Å². The Morgan fingerprint density at radius 3 is 2.50 bits per heavy atom. The molecule has 0 bridgehead atoms. The molecule has 1 aliphatic heterocycles. The van der Waals surface area contributed by atoms with Crippen molar-refractivity contribution in [3.8, 4) is 0 Å². The molecule has 9 heteroatoms. The summed E-state index contributed by atoms with van der Waals surface area (Å²) >= 11 is 4.05. The number of aromatic amines is 1. The third-order valence-corrected chi connectivity index (χ3v) is 5.38. The van der Waals surface area contributed by atoms with Crippen molar-refractivity contribution in [2.75, 3.05) is 26.2 Å². The van der Waals surface area contributed by atoms with Crippen molar-refractivity contribution in [1.29, 1.82) is 0 Å². The van der Waals surface area contributed by atoms with Crippen LogP contribution in [-0.2, 0) is 6.54 Å². The Kier molecular flexibility index (Phi) is 5.19. The second-order valence-electron chi connectivity index (χ2n) is 4.97. The van der Waals surface area contributed by atoms with Crippen molar-refractivity contribution in [3.63, 3.8) is 0 Å². The van der Waals surface area contributed by atoms with Crippen LogP contribution in [0.4, 0.5) is 0 Å². The Hall–Kier alpha value is -1.46. The number of rotatable bonds is 2. The molecular weight excluding hydrogens is 765 g/mol. The molecular formula is C13H13I2N4O2Rf-. The van der Waals surface area contributed by atoms with Gasteiger partial charge in [0.2, 0.25) is 5.56 Å². The van der Waals surface area contributed by atoms with E-state index in [0.29, 0.717) is 10.9 Å². The zero-order valence-corrected chi connectivity index (χ0v) is 22.5. The Morgan fingerprint density at radius 2 is 1.82 bits per heavy atom. The smallest absolute Gasteiger partial charge is 0.330 e. The molecule has 1 aromatic heterocycles. The molecule has 2 aromatic rings. The summed E-state index contributed by atoms with van der Waals surface area (Å²) in [6.45, 7) is 4.91. The number of halogens is 2. The van der Waals surface area contributed by atoms with Crippen molar-refractivity contribution >= 4 is 56.6 Å². The van der Waals surface area contributed by atoms with Crippen LogP contribution in [0.2, 0.25) is 0 Å². The maximum absolute atomic E-state index is 12.0. The number of H-pyrrole nitrogens is 1. The topological polar surface area (TPSA) is 61.3 Å². The Morgan fingerprint density at radius 1 is 1.14 bits per heavy atom. The number of benzene rings is 1. The molecule has 1 aliphatic rings. The van der Waals surface area contributed by atoms with Gasteiger partial charge in [-0.25, -0.2) is 10.7 Å². The largest absolute Gasteiger partial charge is 0.335 e. The van der Waals surface area contributed by atoms with Gasteiger partial charge in [0, 0.05) is 55.6 Å². The quantitative estimate of drug-likeness (QED) is 0.283. The summed E-state index contributed by atoms with van der Waals surface area (Å²) in [5, 5.41) is 0.491. The average Bonchev–Trinajstić information content (AvgIpc) is 2.47. The summed E-state index contributed by atoms with van der Waals surface area (Å²) in [5.41, 5.74) is 0.768. The van der Waals surface area contributed by atoms with Crippen LogP contribution in [0.15, 0.2) is 21.7 Å². The number of fused-ring (bicyclic) bond motifs is 1. The molecule has 0 amide bonds. The second kappa shape index (κ2) is 6.75. The third kappa shape index (κ3) is 3.31. The molecule has 22 heavy (non-hydrogen) atoms. The molecule has 1 aromatic carbocycles. The number of nitrogens with zero attached hydrogens (tertiary/aromatic N) is 3. The van der Waals surface area contributed by atoms with E-state index in [9.17, 15) is 9.59 Å². The monoisotopic (exact) mass is 778 g/mol. The fourth-order valence-corrected chi connectivity index (χ4v) is 3.19. The predicted octanol–water partition coefficient (Wildman–Crippen LogP) is 1.16. The van der Waals surface area contributed by atoms with Crippen molar-refractivity contribution in [2.45, 2.75) is 6.54 Å². The maximum Gasteiger partial charge on any atom is 0.335 e. The van der Waals surface area contributed by atoms with Gasteiger partial charge in [0.15, 0.2) is 0 Å². The van der Waals surface area contributed by atoms with E-state index in [1.54, 1.807) is 28.9 Å². The van der Waals surface area contributed by atoms with Crippen LogP contribution in [0.5, 0.6) is 0 Å². The zero-order chi connectivity index (χ0) is 15.0. The first-order chi connectivity index (χ1) is 10.0. The molecule has 3 rings (SSSR count). The van der Waals surface area contributed by atoms with Crippen LogP contribution in [0, 0.1) is 6.07 Å². The van der Waals surface area contributed by atoms with E-state index in [-0.39, 0.29) is 5.56 Å². The van der Waals surface area contributed by atoms with E-state index in [4.69, 9.17) is 0 Å². The van der Waals surface area contributed by atoms with Crippen molar-refractivity contribution in [1.82, 2.24) is 15.8 Å². The van der Waals surface area contributed by atoms with Gasteiger partial charge in [0.05, 0.1) is 22.9 Å². The van der Waals surface area contributed by atoms with Gasteiger partial charge >= 0.3 is 5.69 Å². The number of hydrogen-bond donors (Lipinski definition) is 1. The molecule has 0 atom stereocenters. The van der Waals surface area contributed by atoms with Gasteiger partial charge in [-0.1, -0.05) is 5.52 Å². The van der Waals surface area contributed by atoms with Crippen LogP contribution >= 0.6 is 45.7 Å². The minimum atomic E-state index is -0.417. The molecule has 6 nitrogen and oxygen atoms in total. The van der Waals surface area contributed by atoms with E-state index in [1.165, 1.54) is 0 Å². The van der Waals surface area contributed by atoms with E-state index in [2.05, 4.69) is 41.9 Å². The first-order valence-corrected chi connectivity index (χ1v) is 8.47. The third-order valence-electron chi connectivity index (χ3n) is 3.54. The summed E-state index contributed by atoms with van der Waals surface area (Å²) in [6.07, 6.45) is 0. The van der Waals surface area contributed by atoms with Gasteiger partial charge in [0.1, 0.15) is 0 Å². The number of nitrogens with one attached hydrogen (secondary N) is 1. The first-order valence-electron chi connectivity index (χ1n) is 6.54. The van der Waals surface area contributed by atoms with Gasteiger partial charge in [-0.3, -0.25) is 9.69 Å². The Bertz CT molecular complexity index is 784. The van der Waals surface area contributed by atoms with E-state index in [0.717, 1.165) is 41.1 Å². The molecule has 114 valence electrons. The number of hydrogen-bond acceptors (Lipinski definition) is 4. The summed E-state index contributed by atoms with van der Waals surface area (Å²) in [6, 6.07) is 6.84. The summed E-state index contributed by atoms with van der Waals surface area (Å²) < 4.78 is 3.33. The fourth-order valence-electron chi connectivity index (χ4n) is 2.38. The van der Waals surface area contributed by atoms with Gasteiger partial charge in [-0.05, 0) is 5.39 Å². The zero-order valence-electron chi connectivity index (χ0n) is 11.8. The van der Waals surface area contributed by atoms with E-state index < -0.39 is 5.69 Å². The van der Waals surface area contributed by atoms with Gasteiger partial charge in [0.25, 0.3) is 0 Å². The predicted molar refractivity (Wildman–Crippen MR) is 98.0 cm³/mol. The average molecular weight is 778 g/mol. The molecule has 1 N–H and O–H groups in total. The van der Waals surface area contributed by atoms with Crippen LogP contribution in [0.25, 0.3) is 10.9 Å². The molecule has 1 fully saturated rings. The molecule has 0 aliphatic carbocycles. The molecule has 0 unspecified atom stereocenters. The van der Waals surface area contributed by atoms with Crippen LogP contribution in [0.3, 0.4) is 0 Å². The molecule has 1 saturated heterocycles.